The second kappa shape index (κ2) is 15.7. The molecule has 0 aliphatic heterocycles. The van der Waals surface area contributed by atoms with Crippen molar-refractivity contribution in [2.24, 2.45) is 0 Å². The molecule has 0 radical (unpaired) electrons. The van der Waals surface area contributed by atoms with Gasteiger partial charge in [-0.05, 0) is 0 Å². The van der Waals surface area contributed by atoms with Crippen LogP contribution < -0.4 is 56.5 Å². The van der Waals surface area contributed by atoms with Crippen LogP contribution in [-0.4, -0.2) is 16.4 Å². The Bertz CT molecular complexity index is 82.5. The first-order valence-electron chi connectivity index (χ1n) is 1.08. The maximum absolute atomic E-state index is 8.56. The third-order valence-electron chi connectivity index (χ3n) is 0. The zero-order valence-corrected chi connectivity index (χ0v) is 7.28. The predicted molar refractivity (Wildman–Crippen MR) is 16.3 cm³/mol. The van der Waals surface area contributed by atoms with Crippen molar-refractivity contribution in [3.8, 4) is 6.26 Å². The van der Waals surface area contributed by atoms with Crippen molar-refractivity contribution in [1.29, 1.82) is 5.26 Å². The summed E-state index contributed by atoms with van der Waals surface area (Å²) in [7, 11) is 0. The third kappa shape index (κ3) is 4340. The molecule has 0 heterocycles. The number of nitriles is 1. The fraction of sp³-hybridized carbons (Fsp3) is 0. The van der Waals surface area contributed by atoms with E-state index in [0.29, 0.717) is 6.26 Å². The van der Waals surface area contributed by atoms with Gasteiger partial charge >= 0.3 is 57.5 Å². The Hall–Kier alpha value is 0.196. The molecule has 0 spiro atoms. The molecule has 0 saturated heterocycles. The van der Waals surface area contributed by atoms with E-state index in [1.165, 1.54) is 0 Å². The van der Waals surface area contributed by atoms with E-state index in [-0.39, 0.29) is 51.4 Å². The second-order valence-corrected chi connectivity index (χ2v) is 0.374. The molecule has 0 saturated carbocycles. The Morgan fingerprint density at radius 3 is 1.62 bits per heavy atom. The van der Waals surface area contributed by atoms with Gasteiger partial charge in [0, 0.05) is 6.26 Å². The van der Waals surface area contributed by atoms with Gasteiger partial charge in [0.2, 0.25) is 0 Å². The zero-order chi connectivity index (χ0) is 6.28. The predicted octanol–water partition coefficient (Wildman–Crippen LogP) is -3.95. The van der Waals surface area contributed by atoms with Crippen LogP contribution in [0.4, 0.5) is 4.79 Å². The van der Waals surface area contributed by atoms with Gasteiger partial charge in [-0.1, -0.05) is 0 Å². The molecule has 0 aliphatic rings. The average Bonchev–Trinajstić information content (AvgIpc) is 1.33. The summed E-state index contributed by atoms with van der Waals surface area (Å²) in [5.74, 6) is 0. The van der Waals surface area contributed by atoms with E-state index in [9.17, 15) is 0 Å². The minimum atomic E-state index is -1.83. The molecule has 0 aliphatic carbocycles. The van der Waals surface area contributed by atoms with E-state index in [1.54, 1.807) is 0 Å². The quantitative estimate of drug-likeness (QED) is 0.266. The van der Waals surface area contributed by atoms with Crippen molar-refractivity contribution < 1.29 is 71.5 Å². The Morgan fingerprint density at radius 2 is 1.62 bits per heavy atom. The van der Waals surface area contributed by atoms with Crippen LogP contribution in [0.3, 0.4) is 0 Å². The minimum Gasteiger partial charge on any atom is -0.812 e. The summed E-state index contributed by atoms with van der Waals surface area (Å²) < 4.78 is 0. The summed E-state index contributed by atoms with van der Waals surface area (Å²) in [6, 6.07) is 0. The molecule has 5 nitrogen and oxygen atoms in total. The van der Waals surface area contributed by atoms with Crippen LogP contribution in [-0.2, 0) is 0 Å². The number of carbonyl (C=O) groups is 1. The van der Waals surface area contributed by atoms with Gasteiger partial charge in [0.1, 0.15) is 0 Å². The smallest absolute Gasteiger partial charge is 0.812 e. The fourth-order valence-electron chi connectivity index (χ4n) is 0. The summed E-state index contributed by atoms with van der Waals surface area (Å²) in [6.07, 6.45) is -1.33. The van der Waals surface area contributed by atoms with E-state index >= 15 is 0 Å². The zero-order valence-electron chi connectivity index (χ0n) is 4.16. The van der Waals surface area contributed by atoms with Crippen molar-refractivity contribution in [1.82, 2.24) is 0 Å². The first-order valence-corrected chi connectivity index (χ1v) is 1.08. The summed E-state index contributed by atoms with van der Waals surface area (Å²) in [6.45, 7) is 0. The normalized spacial score (nSPS) is 3.88. The summed E-state index contributed by atoms with van der Waals surface area (Å²) >= 11 is 0. The van der Waals surface area contributed by atoms with Gasteiger partial charge in [-0.25, -0.2) is 10.1 Å². The number of rotatable bonds is 0. The van der Waals surface area contributed by atoms with Gasteiger partial charge in [-0.15, -0.1) is 0 Å². The van der Waals surface area contributed by atoms with Crippen molar-refractivity contribution >= 4 is 6.16 Å². The maximum atomic E-state index is 8.56. The third-order valence-corrected chi connectivity index (χ3v) is 0. The van der Waals surface area contributed by atoms with Gasteiger partial charge in [-0.3, -0.25) is 0 Å². The summed E-state index contributed by atoms with van der Waals surface area (Å²) in [4.78, 5) is 8.56. The van der Waals surface area contributed by atoms with E-state index in [0.717, 1.165) is 0 Å². The second-order valence-electron chi connectivity index (χ2n) is 0.374. The van der Waals surface area contributed by atoms with Crippen LogP contribution in [0.1, 0.15) is 0 Å². The van der Waals surface area contributed by atoms with E-state index < -0.39 is 6.16 Å². The van der Waals surface area contributed by atoms with E-state index in [1.807, 2.05) is 0 Å². The fourth-order valence-corrected chi connectivity index (χ4v) is 0. The first kappa shape index (κ1) is 15.7. The minimum absolute atomic E-state index is 0. The van der Waals surface area contributed by atoms with Gasteiger partial charge in [0.25, 0.3) is 0 Å². The van der Waals surface area contributed by atoms with E-state index in [4.69, 9.17) is 25.4 Å². The molecule has 0 fully saturated rings. The monoisotopic (exact) mass is 143 g/mol. The topological polar surface area (TPSA) is 104 Å². The van der Waals surface area contributed by atoms with Gasteiger partial charge < -0.3 is 15.3 Å². The Morgan fingerprint density at radius 1 is 1.62 bits per heavy atom. The molecule has 0 atom stereocenters. The van der Waals surface area contributed by atoms with Gasteiger partial charge in [-0.2, -0.15) is 0 Å². The SMILES string of the molecule is N#C[O-].O=C(O)O.[K+]. The summed E-state index contributed by atoms with van der Waals surface area (Å²) in [5.41, 5.74) is 0. The standard InChI is InChI=1S/CHNO.CH2O3.K/c2-1-3;2-1(3)4;/h3H;(H2,2,3,4);/q;;+1/p-1. The molecule has 8 heavy (non-hydrogen) atoms. The molecule has 0 rings (SSSR count). The molecule has 2 N–H and O–H groups in total. The van der Waals surface area contributed by atoms with Crippen LogP contribution in [0.2, 0.25) is 0 Å². The average molecular weight is 143 g/mol. The van der Waals surface area contributed by atoms with Crippen LogP contribution in [0.5, 0.6) is 0 Å². The van der Waals surface area contributed by atoms with Crippen molar-refractivity contribution in [3.05, 3.63) is 0 Å². The molecular formula is C2H2KNO4. The van der Waals surface area contributed by atoms with Crippen LogP contribution in [0.15, 0.2) is 0 Å². The van der Waals surface area contributed by atoms with Crippen LogP contribution >= 0.6 is 0 Å². The van der Waals surface area contributed by atoms with Crippen LogP contribution in [0, 0.1) is 11.5 Å². The molecule has 0 amide bonds. The number of nitrogens with zero attached hydrogens (tertiary/aromatic N) is 1. The molecule has 0 aromatic rings. The molecule has 40 valence electrons. The van der Waals surface area contributed by atoms with E-state index in [2.05, 4.69) is 0 Å². The molecular weight excluding hydrogens is 141 g/mol. The Kier molecular flexibility index (Phi) is 30.8. The molecule has 0 aromatic carbocycles. The Labute approximate surface area is 88.0 Å². The maximum Gasteiger partial charge on any atom is 1.00 e. The number of hydrogen-bond acceptors (Lipinski definition) is 3. The van der Waals surface area contributed by atoms with Gasteiger partial charge in [0.15, 0.2) is 0 Å². The summed E-state index contributed by atoms with van der Waals surface area (Å²) in [5, 5.41) is 28.9. The number of carboxylic acid groups (broad SMARTS) is 2. The number of hydrogen-bond donors (Lipinski definition) is 2. The first-order chi connectivity index (χ1) is 3.15. The van der Waals surface area contributed by atoms with Crippen molar-refractivity contribution in [3.63, 3.8) is 0 Å². The molecule has 0 aromatic heterocycles. The van der Waals surface area contributed by atoms with Crippen molar-refractivity contribution in [2.45, 2.75) is 0 Å². The molecule has 0 bridgehead atoms. The molecule has 6 heteroatoms. The van der Waals surface area contributed by atoms with Crippen LogP contribution in [0.25, 0.3) is 0 Å². The van der Waals surface area contributed by atoms with Crippen molar-refractivity contribution in [2.75, 3.05) is 0 Å². The molecule has 0 unspecified atom stereocenters. The Balaban J connectivity index is -0.0000000575. The van der Waals surface area contributed by atoms with Gasteiger partial charge in [0.05, 0.1) is 0 Å². The largest absolute Gasteiger partial charge is 1.00 e.